The molecule has 0 spiro atoms. The van der Waals surface area contributed by atoms with E-state index in [0.717, 1.165) is 6.42 Å². The van der Waals surface area contributed by atoms with Crippen molar-refractivity contribution in [1.82, 2.24) is 14.5 Å². The van der Waals surface area contributed by atoms with E-state index < -0.39 is 5.97 Å². The number of fused-ring (bicyclic) bond motifs is 3. The van der Waals surface area contributed by atoms with Crippen LogP contribution in [0.3, 0.4) is 0 Å². The highest BCUT2D eigenvalue weighted by molar-refractivity contribution is 6.09. The van der Waals surface area contributed by atoms with Gasteiger partial charge in [0.05, 0.1) is 23.3 Å². The maximum atomic E-state index is 13.1. The van der Waals surface area contributed by atoms with Crippen LogP contribution >= 0.6 is 0 Å². The second-order valence-corrected chi connectivity index (χ2v) is 7.92. The molecule has 0 saturated heterocycles. The van der Waals surface area contributed by atoms with Crippen molar-refractivity contribution < 1.29 is 19.0 Å². The number of rotatable bonds is 5. The summed E-state index contributed by atoms with van der Waals surface area (Å²) in [4.78, 5) is 22.6. The zero-order chi connectivity index (χ0) is 22.2. The molecule has 3 heterocycles. The zero-order valence-electron chi connectivity index (χ0n) is 18.0. The van der Waals surface area contributed by atoms with Crippen LogP contribution in [0.4, 0.5) is 5.82 Å². The molecule has 2 aromatic carbocycles. The molecule has 5 rings (SSSR count). The van der Waals surface area contributed by atoms with Gasteiger partial charge in [0.15, 0.2) is 17.1 Å². The highest BCUT2D eigenvalue weighted by atomic mass is 16.6. The van der Waals surface area contributed by atoms with Crippen molar-refractivity contribution in [3.8, 4) is 17.2 Å². The Morgan fingerprint density at radius 2 is 1.84 bits per heavy atom. The number of nitrogens with two attached hydrogens (primary N) is 1. The highest BCUT2D eigenvalue weighted by Crippen LogP contribution is 2.36. The number of ether oxygens (including phenoxy) is 3. The van der Waals surface area contributed by atoms with Gasteiger partial charge in [0, 0.05) is 6.07 Å². The van der Waals surface area contributed by atoms with E-state index in [1.165, 1.54) is 0 Å². The molecule has 1 unspecified atom stereocenters. The fourth-order valence-electron chi connectivity index (χ4n) is 3.70. The number of nitrogen functional groups attached to an aromatic ring is 1. The number of benzene rings is 2. The lowest BCUT2D eigenvalue weighted by Crippen LogP contribution is -2.16. The lowest BCUT2D eigenvalue weighted by molar-refractivity contribution is 0.0450. The van der Waals surface area contributed by atoms with Crippen LogP contribution in [0.2, 0.25) is 0 Å². The number of para-hydroxylation sites is 2. The molecule has 1 aliphatic heterocycles. The van der Waals surface area contributed by atoms with E-state index in [1.807, 2.05) is 49.4 Å². The molecular formula is C24H24N4O4. The molecule has 0 aliphatic carbocycles. The summed E-state index contributed by atoms with van der Waals surface area (Å²) in [6.07, 6.45) is 0.909. The van der Waals surface area contributed by atoms with Gasteiger partial charge in [0.1, 0.15) is 30.1 Å². The Labute approximate surface area is 184 Å². The summed E-state index contributed by atoms with van der Waals surface area (Å²) in [6.45, 7) is 5.37. The second-order valence-electron chi connectivity index (χ2n) is 7.92. The molecule has 1 aliphatic rings. The van der Waals surface area contributed by atoms with Crippen LogP contribution in [0, 0.1) is 5.92 Å². The van der Waals surface area contributed by atoms with Crippen LogP contribution in [0.15, 0.2) is 42.5 Å². The predicted octanol–water partition coefficient (Wildman–Crippen LogP) is 4.13. The number of carbonyl (C=O) groups excluding carboxylic acids is 1. The van der Waals surface area contributed by atoms with Crippen LogP contribution in [0.25, 0.3) is 27.9 Å². The number of carbonyl (C=O) groups is 1. The zero-order valence-corrected chi connectivity index (χ0v) is 18.0. The Morgan fingerprint density at radius 1 is 1.12 bits per heavy atom. The van der Waals surface area contributed by atoms with E-state index in [4.69, 9.17) is 29.9 Å². The molecule has 1 atom stereocenters. The molecular weight excluding hydrogens is 408 g/mol. The van der Waals surface area contributed by atoms with Crippen molar-refractivity contribution in [2.75, 3.05) is 25.6 Å². The lowest BCUT2D eigenvalue weighted by atomic mass is 10.1. The first kappa shape index (κ1) is 20.1. The third kappa shape index (κ3) is 3.37. The summed E-state index contributed by atoms with van der Waals surface area (Å²) in [7, 11) is 0. The number of aromatic nitrogens is 3. The van der Waals surface area contributed by atoms with Gasteiger partial charge in [0.25, 0.3) is 0 Å². The number of esters is 1. The van der Waals surface area contributed by atoms with E-state index in [1.54, 1.807) is 4.57 Å². The van der Waals surface area contributed by atoms with Crippen molar-refractivity contribution in [3.05, 3.63) is 48.0 Å². The van der Waals surface area contributed by atoms with Crippen molar-refractivity contribution in [2.45, 2.75) is 20.3 Å². The maximum Gasteiger partial charge on any atom is 0.344 e. The van der Waals surface area contributed by atoms with E-state index in [9.17, 15) is 4.79 Å². The molecule has 0 amide bonds. The van der Waals surface area contributed by atoms with Crippen LogP contribution < -0.4 is 15.2 Å². The molecule has 0 radical (unpaired) electrons. The topological polar surface area (TPSA) is 101 Å². The largest absolute Gasteiger partial charge is 0.486 e. The lowest BCUT2D eigenvalue weighted by Gasteiger charge is -2.19. The van der Waals surface area contributed by atoms with Crippen molar-refractivity contribution in [1.29, 1.82) is 0 Å². The van der Waals surface area contributed by atoms with Gasteiger partial charge in [-0.3, -0.25) is 4.57 Å². The van der Waals surface area contributed by atoms with Gasteiger partial charge in [0.2, 0.25) is 0 Å². The Kier molecular flexibility index (Phi) is 5.05. The molecule has 8 heteroatoms. The molecule has 164 valence electrons. The first-order valence-electron chi connectivity index (χ1n) is 10.7. The minimum absolute atomic E-state index is 0.219. The Bertz CT molecular complexity index is 1330. The van der Waals surface area contributed by atoms with Gasteiger partial charge < -0.3 is 19.9 Å². The second kappa shape index (κ2) is 8.03. The SMILES string of the molecule is CCC(C)COC(=O)c1c(N)n(-c2ccc3c(c2)OCCO3)c2nc3ccccc3nc12. The average Bonchev–Trinajstić information content (AvgIpc) is 3.11. The Hall–Kier alpha value is -3.81. The Morgan fingerprint density at radius 3 is 2.59 bits per heavy atom. The minimum atomic E-state index is -0.506. The third-order valence-corrected chi connectivity index (χ3v) is 5.68. The van der Waals surface area contributed by atoms with Gasteiger partial charge in [-0.15, -0.1) is 0 Å². The summed E-state index contributed by atoms with van der Waals surface area (Å²) >= 11 is 0. The first-order valence-corrected chi connectivity index (χ1v) is 10.7. The standard InChI is InChI=1S/C24H24N4O4/c1-3-14(2)13-32-24(29)20-21-23(27-17-7-5-4-6-16(17)26-21)28(22(20)25)15-8-9-18-19(12-15)31-11-10-30-18/h4-9,12,14H,3,10-11,13,25H2,1-2H3. The normalized spacial score (nSPS) is 13.9. The van der Waals surface area contributed by atoms with E-state index in [-0.39, 0.29) is 17.3 Å². The summed E-state index contributed by atoms with van der Waals surface area (Å²) in [5, 5.41) is 0. The van der Waals surface area contributed by atoms with Crippen LogP contribution in [-0.2, 0) is 4.74 Å². The number of hydrogen-bond donors (Lipinski definition) is 1. The van der Waals surface area contributed by atoms with Crippen LogP contribution in [0.5, 0.6) is 11.5 Å². The summed E-state index contributed by atoms with van der Waals surface area (Å²) < 4.78 is 18.7. The van der Waals surface area contributed by atoms with Crippen LogP contribution in [-0.4, -0.2) is 40.3 Å². The summed E-state index contributed by atoms with van der Waals surface area (Å²) in [6, 6.07) is 13.0. The highest BCUT2D eigenvalue weighted by Gasteiger charge is 2.27. The fraction of sp³-hybridized carbons (Fsp3) is 0.292. The number of anilines is 1. The van der Waals surface area contributed by atoms with Gasteiger partial charge >= 0.3 is 5.97 Å². The smallest absolute Gasteiger partial charge is 0.344 e. The molecule has 2 N–H and O–H groups in total. The van der Waals surface area contributed by atoms with Crippen molar-refractivity contribution in [2.24, 2.45) is 5.92 Å². The third-order valence-electron chi connectivity index (χ3n) is 5.68. The van der Waals surface area contributed by atoms with Gasteiger partial charge in [-0.05, 0) is 30.2 Å². The van der Waals surface area contributed by atoms with Gasteiger partial charge in [-0.1, -0.05) is 32.4 Å². The minimum Gasteiger partial charge on any atom is -0.486 e. The summed E-state index contributed by atoms with van der Waals surface area (Å²) in [5.41, 5.74) is 9.72. The predicted molar refractivity (Wildman–Crippen MR) is 122 cm³/mol. The van der Waals surface area contributed by atoms with Gasteiger partial charge in [-0.25, -0.2) is 14.8 Å². The van der Waals surface area contributed by atoms with Gasteiger partial charge in [-0.2, -0.15) is 0 Å². The summed E-state index contributed by atoms with van der Waals surface area (Å²) in [5.74, 6) is 1.25. The van der Waals surface area contributed by atoms with Crippen LogP contribution in [0.1, 0.15) is 30.6 Å². The van der Waals surface area contributed by atoms with E-state index >= 15 is 0 Å². The molecule has 4 aromatic rings. The number of nitrogens with zero attached hydrogens (tertiary/aromatic N) is 3. The average molecular weight is 432 g/mol. The fourth-order valence-corrected chi connectivity index (χ4v) is 3.70. The Balaban J connectivity index is 1.71. The van der Waals surface area contributed by atoms with E-state index in [0.29, 0.717) is 59.2 Å². The number of hydrogen-bond acceptors (Lipinski definition) is 7. The molecule has 0 saturated carbocycles. The monoisotopic (exact) mass is 432 g/mol. The quantitative estimate of drug-likeness (QED) is 0.473. The maximum absolute atomic E-state index is 13.1. The molecule has 2 aromatic heterocycles. The molecule has 8 nitrogen and oxygen atoms in total. The van der Waals surface area contributed by atoms with E-state index in [2.05, 4.69) is 6.92 Å². The molecule has 0 fully saturated rings. The molecule has 32 heavy (non-hydrogen) atoms. The van der Waals surface area contributed by atoms with Crippen molar-refractivity contribution >= 4 is 34.0 Å². The van der Waals surface area contributed by atoms with Crippen molar-refractivity contribution in [3.63, 3.8) is 0 Å². The molecule has 0 bridgehead atoms. The first-order chi connectivity index (χ1) is 15.6.